The number of hydrogen-bond donors (Lipinski definition) is 0. The number of rotatable bonds is 2. The van der Waals surface area contributed by atoms with E-state index >= 15 is 0 Å². The summed E-state index contributed by atoms with van der Waals surface area (Å²) in [6, 6.07) is 0. The molecular formula is C6H14O3Zr. The molecule has 0 aliphatic rings. The van der Waals surface area contributed by atoms with E-state index in [4.69, 9.17) is 2.81 Å². The Labute approximate surface area is 77.7 Å². The summed E-state index contributed by atoms with van der Waals surface area (Å²) in [6.45, 7) is 3.88. The van der Waals surface area contributed by atoms with Crippen molar-refractivity contribution in [3.8, 4) is 0 Å². The van der Waals surface area contributed by atoms with Crippen LogP contribution in [0.4, 0.5) is 0 Å². The van der Waals surface area contributed by atoms with E-state index in [0.29, 0.717) is 24.7 Å². The Hall–Kier alpha value is 0.603. The van der Waals surface area contributed by atoms with Gasteiger partial charge in [0.2, 0.25) is 0 Å². The molecule has 0 fully saturated rings. The van der Waals surface area contributed by atoms with E-state index in [1.807, 2.05) is 13.8 Å². The molecule has 0 aromatic heterocycles. The van der Waals surface area contributed by atoms with Gasteiger partial charge in [0, 0.05) is 0 Å². The zero-order chi connectivity index (χ0) is 8.83. The average molecular weight is 225 g/mol. The van der Waals surface area contributed by atoms with Crippen molar-refractivity contribution < 1.29 is 37.7 Å². The maximum absolute atomic E-state index is 9.30. The predicted octanol–water partition coefficient (Wildman–Crippen LogP) is -0.608. The average Bonchev–Trinajstić information content (AvgIpc) is 2.08. The minimum absolute atomic E-state index is 0.0694. The van der Waals surface area contributed by atoms with Crippen molar-refractivity contribution in [1.82, 2.24) is 0 Å². The molecule has 0 amide bonds. The molecule has 0 aliphatic carbocycles. The fraction of sp³-hybridized carbons (Fsp3) is 1.00. The molecular weight excluding hydrogens is 211 g/mol. The maximum atomic E-state index is 9.30. The second-order valence-electron chi connectivity index (χ2n) is 1.41. The van der Waals surface area contributed by atoms with Crippen molar-refractivity contribution in [2.45, 2.75) is 26.7 Å². The van der Waals surface area contributed by atoms with Gasteiger partial charge in [-0.2, -0.15) is 0 Å². The molecule has 0 N–H and O–H groups in total. The molecule has 0 aromatic carbocycles. The summed E-state index contributed by atoms with van der Waals surface area (Å²) in [6.07, 6.45) is 1.53. The molecule has 0 saturated carbocycles. The Kier molecular flexibility index (Phi) is 56.7. The van der Waals surface area contributed by atoms with E-state index in [2.05, 4.69) is 0 Å². The van der Waals surface area contributed by atoms with Crippen molar-refractivity contribution in [1.29, 1.82) is 0 Å². The molecule has 0 aliphatic heterocycles. The molecule has 0 radical (unpaired) electrons. The van der Waals surface area contributed by atoms with Gasteiger partial charge in [-0.1, -0.05) is 26.7 Å². The topological polar surface area (TPSA) is 63.2 Å². The zero-order valence-electron chi connectivity index (χ0n) is 6.55. The monoisotopic (exact) mass is 224 g/mol. The van der Waals surface area contributed by atoms with Crippen LogP contribution >= 0.6 is 0 Å². The summed E-state index contributed by atoms with van der Waals surface area (Å²) < 4.78 is 8.34. The summed E-state index contributed by atoms with van der Waals surface area (Å²) in [5.41, 5.74) is 0. The second-order valence-corrected chi connectivity index (χ2v) is 1.41. The second kappa shape index (κ2) is 33.5. The third-order valence-electron chi connectivity index (χ3n) is 0.408. The van der Waals surface area contributed by atoms with Gasteiger partial charge in [-0.3, -0.25) is 0 Å². The van der Waals surface area contributed by atoms with E-state index in [-0.39, 0.29) is 13.2 Å². The van der Waals surface area contributed by atoms with Gasteiger partial charge in [0.05, 0.1) is 0 Å². The van der Waals surface area contributed by atoms with Gasteiger partial charge < -0.3 is 10.2 Å². The Bertz CT molecular complexity index is 28.2. The van der Waals surface area contributed by atoms with Crippen LogP contribution in [0.1, 0.15) is 26.7 Å². The van der Waals surface area contributed by atoms with E-state index < -0.39 is 0 Å². The Morgan fingerprint density at radius 2 is 1.10 bits per heavy atom. The first-order valence-corrected chi connectivity index (χ1v) is 4.20. The van der Waals surface area contributed by atoms with Gasteiger partial charge in [0.15, 0.2) is 0 Å². The van der Waals surface area contributed by atoms with Crippen LogP contribution in [0, 0.1) is 0 Å². The Balaban J connectivity index is -0.0000000787. The van der Waals surface area contributed by atoms with Crippen molar-refractivity contribution >= 4 is 0 Å². The van der Waals surface area contributed by atoms with Crippen molar-refractivity contribution in [3.05, 3.63) is 0 Å². The fourth-order valence-corrected chi connectivity index (χ4v) is 0. The molecule has 10 heavy (non-hydrogen) atoms. The van der Waals surface area contributed by atoms with Crippen LogP contribution in [0.15, 0.2) is 0 Å². The zero-order valence-corrected chi connectivity index (χ0v) is 9.01. The molecule has 4 heteroatoms. The summed E-state index contributed by atoms with van der Waals surface area (Å²) in [7, 11) is 0. The van der Waals surface area contributed by atoms with Crippen LogP contribution in [-0.4, -0.2) is 13.2 Å². The van der Waals surface area contributed by atoms with Gasteiger partial charge in [-0.15, -0.1) is 13.2 Å². The molecule has 0 heterocycles. The van der Waals surface area contributed by atoms with Gasteiger partial charge >= 0.3 is 27.5 Å². The van der Waals surface area contributed by atoms with E-state index in [1.54, 1.807) is 0 Å². The van der Waals surface area contributed by atoms with Crippen molar-refractivity contribution in [2.24, 2.45) is 0 Å². The molecule has 0 spiro atoms. The summed E-state index contributed by atoms with van der Waals surface area (Å²) in [5, 5.41) is 18.6. The van der Waals surface area contributed by atoms with Gasteiger partial charge in [-0.05, 0) is 0 Å². The quantitative estimate of drug-likeness (QED) is 0.630. The Morgan fingerprint density at radius 3 is 1.10 bits per heavy atom. The van der Waals surface area contributed by atoms with Gasteiger partial charge in [-0.25, -0.2) is 0 Å². The van der Waals surface area contributed by atoms with Crippen LogP contribution in [-0.2, 0) is 27.5 Å². The van der Waals surface area contributed by atoms with E-state index in [9.17, 15) is 10.2 Å². The van der Waals surface area contributed by atoms with Crippen molar-refractivity contribution in [2.75, 3.05) is 13.2 Å². The molecule has 0 bridgehead atoms. The van der Waals surface area contributed by atoms with Crippen LogP contribution in [0.25, 0.3) is 0 Å². The fourth-order valence-electron chi connectivity index (χ4n) is 0. The van der Waals surface area contributed by atoms with E-state index in [0.717, 1.165) is 12.8 Å². The third kappa shape index (κ3) is 73.4. The first-order valence-electron chi connectivity index (χ1n) is 3.20. The standard InChI is InChI=1S/2C3H7O.O.Zr/c2*1-2-3-4;;/h2*2-3H2,1H3;;/q2*-1;;+2. The summed E-state index contributed by atoms with van der Waals surface area (Å²) in [5.74, 6) is 0. The predicted molar refractivity (Wildman–Crippen MR) is 31.0 cm³/mol. The van der Waals surface area contributed by atoms with E-state index in [1.165, 1.54) is 0 Å². The molecule has 0 atom stereocenters. The van der Waals surface area contributed by atoms with Crippen LogP contribution in [0.3, 0.4) is 0 Å². The SMILES string of the molecule is CCC[O-].CCC[O-].[O]=[Zr+2]. The summed E-state index contributed by atoms with van der Waals surface area (Å²) >= 11 is 0.300. The molecule has 60 valence electrons. The van der Waals surface area contributed by atoms with Crippen LogP contribution < -0.4 is 10.2 Å². The number of hydrogen-bond acceptors (Lipinski definition) is 3. The third-order valence-corrected chi connectivity index (χ3v) is 0.408. The molecule has 0 unspecified atom stereocenters. The van der Waals surface area contributed by atoms with Gasteiger partial charge in [0.25, 0.3) is 0 Å². The summed E-state index contributed by atoms with van der Waals surface area (Å²) in [4.78, 5) is 0. The minimum atomic E-state index is 0.0694. The normalized spacial score (nSPS) is 6.60. The first-order chi connectivity index (χ1) is 4.83. The molecule has 0 aromatic rings. The molecule has 0 saturated heterocycles. The van der Waals surface area contributed by atoms with Crippen LogP contribution in [0.2, 0.25) is 0 Å². The van der Waals surface area contributed by atoms with Gasteiger partial charge in [0.1, 0.15) is 0 Å². The first kappa shape index (κ1) is 16.9. The molecule has 0 rings (SSSR count). The van der Waals surface area contributed by atoms with Crippen molar-refractivity contribution in [3.63, 3.8) is 0 Å². The Morgan fingerprint density at radius 1 is 1.00 bits per heavy atom. The molecule has 3 nitrogen and oxygen atoms in total. The van der Waals surface area contributed by atoms with Crippen LogP contribution in [0.5, 0.6) is 0 Å².